The van der Waals surface area contributed by atoms with Crippen LogP contribution < -0.4 is 4.31 Å². The second-order valence-electron chi connectivity index (χ2n) is 5.52. The number of rotatable bonds is 4. The fourth-order valence-corrected chi connectivity index (χ4v) is 3.80. The summed E-state index contributed by atoms with van der Waals surface area (Å²) in [5.41, 5.74) is 0.734. The fraction of sp³-hybridized carbons (Fsp3) is 0.105. The fourth-order valence-electron chi connectivity index (χ4n) is 2.57. The molecule has 0 aromatic heterocycles. The van der Waals surface area contributed by atoms with E-state index in [0.717, 1.165) is 10.8 Å². The van der Waals surface area contributed by atoms with Gasteiger partial charge in [0.1, 0.15) is 0 Å². The van der Waals surface area contributed by atoms with E-state index in [0.29, 0.717) is 5.69 Å². The van der Waals surface area contributed by atoms with E-state index in [1.165, 1.54) is 42.7 Å². The molecule has 0 saturated heterocycles. The maximum Gasteiger partial charge on any atom is 0.337 e. The predicted molar refractivity (Wildman–Crippen MR) is 97.3 cm³/mol. The standard InChI is InChI=1S/C19H17NO4S/c1-20(17-11-10-14-6-3-4-7-15(14)12-17)25(22,23)18-9-5-8-16(13-18)19(21)24-2/h3-13H,1-2H3. The van der Waals surface area contributed by atoms with Crippen LogP contribution in [0.25, 0.3) is 10.8 Å². The molecule has 0 heterocycles. The predicted octanol–water partition coefficient (Wildman–Crippen LogP) is 3.45. The van der Waals surface area contributed by atoms with Gasteiger partial charge in [0.15, 0.2) is 0 Å². The number of carbonyl (C=O) groups excluding carboxylic acids is 1. The van der Waals surface area contributed by atoms with Gasteiger partial charge < -0.3 is 4.74 Å². The van der Waals surface area contributed by atoms with Gasteiger partial charge in [-0.05, 0) is 41.1 Å². The number of anilines is 1. The molecule has 128 valence electrons. The van der Waals surface area contributed by atoms with E-state index < -0.39 is 16.0 Å². The summed E-state index contributed by atoms with van der Waals surface area (Å²) in [6.07, 6.45) is 0. The van der Waals surface area contributed by atoms with Crippen molar-refractivity contribution >= 4 is 32.5 Å². The van der Waals surface area contributed by atoms with Crippen molar-refractivity contribution in [3.63, 3.8) is 0 Å². The van der Waals surface area contributed by atoms with Crippen LogP contribution in [-0.4, -0.2) is 28.5 Å². The zero-order valence-electron chi connectivity index (χ0n) is 13.8. The van der Waals surface area contributed by atoms with Crippen LogP contribution in [0.1, 0.15) is 10.4 Å². The lowest BCUT2D eigenvalue weighted by Gasteiger charge is -2.20. The van der Waals surface area contributed by atoms with Gasteiger partial charge in [-0.2, -0.15) is 0 Å². The number of methoxy groups -OCH3 is 1. The van der Waals surface area contributed by atoms with Gasteiger partial charge in [0.2, 0.25) is 0 Å². The third-order valence-electron chi connectivity index (χ3n) is 4.01. The molecule has 0 aliphatic rings. The minimum Gasteiger partial charge on any atom is -0.465 e. The third-order valence-corrected chi connectivity index (χ3v) is 5.79. The van der Waals surface area contributed by atoms with Crippen molar-refractivity contribution in [2.24, 2.45) is 0 Å². The number of sulfonamides is 1. The van der Waals surface area contributed by atoms with Crippen molar-refractivity contribution in [3.05, 3.63) is 72.3 Å². The lowest BCUT2D eigenvalue weighted by molar-refractivity contribution is 0.0600. The second-order valence-corrected chi connectivity index (χ2v) is 7.49. The molecular formula is C19H17NO4S. The molecule has 0 N–H and O–H groups in total. The molecule has 3 aromatic rings. The highest BCUT2D eigenvalue weighted by atomic mass is 32.2. The van der Waals surface area contributed by atoms with Gasteiger partial charge in [-0.3, -0.25) is 4.31 Å². The number of nitrogens with zero attached hydrogens (tertiary/aromatic N) is 1. The summed E-state index contributed by atoms with van der Waals surface area (Å²) in [4.78, 5) is 11.7. The minimum atomic E-state index is -3.80. The quantitative estimate of drug-likeness (QED) is 0.673. The first-order valence-electron chi connectivity index (χ1n) is 7.59. The van der Waals surface area contributed by atoms with E-state index in [9.17, 15) is 13.2 Å². The number of ether oxygens (including phenoxy) is 1. The summed E-state index contributed by atoms with van der Waals surface area (Å²) in [7, 11) is -1.05. The second kappa shape index (κ2) is 6.57. The van der Waals surface area contributed by atoms with Crippen molar-refractivity contribution in [3.8, 4) is 0 Å². The zero-order valence-corrected chi connectivity index (χ0v) is 14.7. The number of benzene rings is 3. The van der Waals surface area contributed by atoms with Gasteiger partial charge in [-0.1, -0.05) is 36.4 Å². The van der Waals surface area contributed by atoms with E-state index in [-0.39, 0.29) is 10.5 Å². The number of esters is 1. The first kappa shape index (κ1) is 17.0. The number of hydrogen-bond donors (Lipinski definition) is 0. The zero-order chi connectivity index (χ0) is 18.0. The van der Waals surface area contributed by atoms with Crippen molar-refractivity contribution in [1.29, 1.82) is 0 Å². The summed E-state index contributed by atoms with van der Waals surface area (Å²) < 4.78 is 31.7. The summed E-state index contributed by atoms with van der Waals surface area (Å²) in [5, 5.41) is 1.98. The molecule has 0 aliphatic carbocycles. The Balaban J connectivity index is 2.02. The summed E-state index contributed by atoms with van der Waals surface area (Å²) >= 11 is 0. The molecule has 0 saturated carbocycles. The molecule has 0 amide bonds. The Labute approximate surface area is 146 Å². The van der Waals surface area contributed by atoms with Crippen molar-refractivity contribution in [2.75, 3.05) is 18.5 Å². The Morgan fingerprint density at radius 2 is 1.64 bits per heavy atom. The number of hydrogen-bond acceptors (Lipinski definition) is 4. The van der Waals surface area contributed by atoms with E-state index >= 15 is 0 Å². The van der Waals surface area contributed by atoms with Crippen LogP contribution in [0.4, 0.5) is 5.69 Å². The Hall–Kier alpha value is -2.86. The van der Waals surface area contributed by atoms with E-state index in [4.69, 9.17) is 0 Å². The van der Waals surface area contributed by atoms with Crippen LogP contribution in [0.5, 0.6) is 0 Å². The highest BCUT2D eigenvalue weighted by Gasteiger charge is 2.22. The highest BCUT2D eigenvalue weighted by molar-refractivity contribution is 7.92. The first-order valence-corrected chi connectivity index (χ1v) is 9.03. The van der Waals surface area contributed by atoms with Crippen LogP contribution in [0.15, 0.2) is 71.6 Å². The molecular weight excluding hydrogens is 338 g/mol. The molecule has 0 atom stereocenters. The largest absolute Gasteiger partial charge is 0.465 e. The Kier molecular flexibility index (Phi) is 4.46. The van der Waals surface area contributed by atoms with Crippen LogP contribution in [0, 0.1) is 0 Å². The van der Waals surface area contributed by atoms with Gasteiger partial charge in [0.25, 0.3) is 10.0 Å². The monoisotopic (exact) mass is 355 g/mol. The van der Waals surface area contributed by atoms with Gasteiger partial charge in [-0.15, -0.1) is 0 Å². The topological polar surface area (TPSA) is 63.7 Å². The minimum absolute atomic E-state index is 0.0334. The maximum atomic E-state index is 12.9. The number of carbonyl (C=O) groups is 1. The van der Waals surface area contributed by atoms with Gasteiger partial charge in [-0.25, -0.2) is 13.2 Å². The Morgan fingerprint density at radius 1 is 0.920 bits per heavy atom. The molecule has 25 heavy (non-hydrogen) atoms. The summed E-state index contributed by atoms with van der Waals surface area (Å²) in [6, 6.07) is 19.0. The number of fused-ring (bicyclic) bond motifs is 1. The Bertz CT molecular complexity index is 1040. The third kappa shape index (κ3) is 3.21. The maximum absolute atomic E-state index is 12.9. The lowest BCUT2D eigenvalue weighted by Crippen LogP contribution is -2.26. The normalized spacial score (nSPS) is 11.3. The molecule has 6 heteroatoms. The van der Waals surface area contributed by atoms with Gasteiger partial charge in [0.05, 0.1) is 23.3 Å². The van der Waals surface area contributed by atoms with Gasteiger partial charge in [0, 0.05) is 7.05 Å². The average molecular weight is 355 g/mol. The smallest absolute Gasteiger partial charge is 0.337 e. The van der Waals surface area contributed by atoms with E-state index in [2.05, 4.69) is 4.74 Å². The molecule has 5 nitrogen and oxygen atoms in total. The molecule has 0 bridgehead atoms. The van der Waals surface area contributed by atoms with E-state index in [1.54, 1.807) is 6.07 Å². The van der Waals surface area contributed by atoms with Crippen LogP contribution >= 0.6 is 0 Å². The lowest BCUT2D eigenvalue weighted by atomic mass is 10.1. The molecule has 0 radical (unpaired) electrons. The summed E-state index contributed by atoms with van der Waals surface area (Å²) in [5.74, 6) is -0.578. The summed E-state index contributed by atoms with van der Waals surface area (Å²) in [6.45, 7) is 0. The van der Waals surface area contributed by atoms with Crippen LogP contribution in [0.2, 0.25) is 0 Å². The Morgan fingerprint density at radius 3 is 2.36 bits per heavy atom. The molecule has 3 aromatic carbocycles. The molecule has 0 aliphatic heterocycles. The molecule has 0 fully saturated rings. The van der Waals surface area contributed by atoms with Crippen LogP contribution in [-0.2, 0) is 14.8 Å². The van der Waals surface area contributed by atoms with Gasteiger partial charge >= 0.3 is 5.97 Å². The highest BCUT2D eigenvalue weighted by Crippen LogP contribution is 2.26. The van der Waals surface area contributed by atoms with Crippen molar-refractivity contribution in [2.45, 2.75) is 4.90 Å². The van der Waals surface area contributed by atoms with Crippen LogP contribution in [0.3, 0.4) is 0 Å². The SMILES string of the molecule is COC(=O)c1cccc(S(=O)(=O)N(C)c2ccc3ccccc3c2)c1. The molecule has 0 unspecified atom stereocenters. The first-order chi connectivity index (χ1) is 11.9. The van der Waals surface area contributed by atoms with E-state index in [1.807, 2.05) is 36.4 Å². The molecule has 0 spiro atoms. The molecule has 3 rings (SSSR count). The van der Waals surface area contributed by atoms with Crippen molar-refractivity contribution in [1.82, 2.24) is 0 Å². The van der Waals surface area contributed by atoms with Crippen molar-refractivity contribution < 1.29 is 17.9 Å². The average Bonchev–Trinajstić information content (AvgIpc) is 2.66.